The molecule has 2 aromatic rings. The lowest BCUT2D eigenvalue weighted by molar-refractivity contribution is -0.146. The number of esters is 1. The number of carbonyl (C=O) groups excluding carboxylic acids is 1. The minimum Gasteiger partial charge on any atom is -0.497 e. The second-order valence-electron chi connectivity index (χ2n) is 7.00. The van der Waals surface area contributed by atoms with Crippen molar-refractivity contribution in [3.8, 4) is 11.5 Å². The molecule has 0 bridgehead atoms. The van der Waals surface area contributed by atoms with Crippen LogP contribution in [0.4, 0.5) is 5.69 Å². The monoisotopic (exact) mass is 388 g/mol. The number of hydrogen-bond donors (Lipinski definition) is 1. The Hall–Kier alpha value is -3.03. The molecule has 1 aromatic carbocycles. The van der Waals surface area contributed by atoms with Gasteiger partial charge in [0.25, 0.3) is 0 Å². The van der Waals surface area contributed by atoms with Crippen LogP contribution in [0.5, 0.6) is 11.5 Å². The first-order valence-corrected chi connectivity index (χ1v) is 9.04. The van der Waals surface area contributed by atoms with E-state index in [0.717, 1.165) is 0 Å². The smallest absolute Gasteiger partial charge is 0.341 e. The van der Waals surface area contributed by atoms with Crippen molar-refractivity contribution in [2.24, 2.45) is 5.41 Å². The third-order valence-electron chi connectivity index (χ3n) is 5.14. The molecule has 2 heterocycles. The van der Waals surface area contributed by atoms with Crippen LogP contribution >= 0.6 is 0 Å². The Morgan fingerprint density at radius 3 is 2.61 bits per heavy atom. The Morgan fingerprint density at radius 1 is 1.29 bits per heavy atom. The number of ether oxygens (including phenoxy) is 3. The number of methoxy groups -OCH3 is 2. The Kier molecular flexibility index (Phi) is 5.31. The molecule has 150 valence electrons. The molecule has 0 radical (unpaired) electrons. The Balaban J connectivity index is 2.25. The first-order valence-electron chi connectivity index (χ1n) is 9.04. The quantitative estimate of drug-likeness (QED) is 0.755. The molecule has 0 aliphatic carbocycles. The number of nitrogens with zero attached hydrogens (tertiary/aromatic N) is 2. The summed E-state index contributed by atoms with van der Waals surface area (Å²) in [5, 5.41) is 10.3. The van der Waals surface area contributed by atoms with Crippen molar-refractivity contribution in [3.63, 3.8) is 0 Å². The highest BCUT2D eigenvalue weighted by Crippen LogP contribution is 2.41. The molecule has 0 spiro atoms. The van der Waals surface area contributed by atoms with Crippen LogP contribution in [-0.4, -0.2) is 55.9 Å². The number of aromatic nitrogens is 1. The number of aliphatic carboxylic acids is 1. The highest BCUT2D eigenvalue weighted by atomic mass is 16.5. The van der Waals surface area contributed by atoms with Crippen LogP contribution in [0.15, 0.2) is 18.3 Å². The molecule has 28 heavy (non-hydrogen) atoms. The zero-order valence-electron chi connectivity index (χ0n) is 16.4. The van der Waals surface area contributed by atoms with E-state index in [9.17, 15) is 14.7 Å². The van der Waals surface area contributed by atoms with E-state index in [4.69, 9.17) is 14.2 Å². The van der Waals surface area contributed by atoms with Gasteiger partial charge in [-0.25, -0.2) is 4.79 Å². The number of carboxylic acid groups (broad SMARTS) is 1. The van der Waals surface area contributed by atoms with Crippen molar-refractivity contribution in [2.45, 2.75) is 20.3 Å². The van der Waals surface area contributed by atoms with Crippen molar-refractivity contribution >= 4 is 28.5 Å². The standard InChI is InChI=1S/C20H24N2O6/c1-5-28-18(23)14-10-21-16-13(8-12(26-3)9-15(16)27-4)17(14)22-7-6-20(2,11-22)19(24)25/h8-10H,5-7,11H2,1-4H3,(H,24,25). The summed E-state index contributed by atoms with van der Waals surface area (Å²) in [6.45, 7) is 4.44. The van der Waals surface area contributed by atoms with Gasteiger partial charge in [0.1, 0.15) is 22.6 Å². The fourth-order valence-electron chi connectivity index (χ4n) is 3.53. The summed E-state index contributed by atoms with van der Waals surface area (Å²) in [4.78, 5) is 30.6. The van der Waals surface area contributed by atoms with E-state index >= 15 is 0 Å². The van der Waals surface area contributed by atoms with Crippen LogP contribution in [0, 0.1) is 5.41 Å². The maximum absolute atomic E-state index is 12.6. The Labute approximate surface area is 163 Å². The predicted molar refractivity (Wildman–Crippen MR) is 103 cm³/mol. The maximum atomic E-state index is 12.6. The van der Waals surface area contributed by atoms with Crippen molar-refractivity contribution in [3.05, 3.63) is 23.9 Å². The molecule has 1 atom stereocenters. The van der Waals surface area contributed by atoms with E-state index in [-0.39, 0.29) is 13.2 Å². The Morgan fingerprint density at radius 2 is 2.04 bits per heavy atom. The van der Waals surface area contributed by atoms with Gasteiger partial charge in [0, 0.05) is 30.7 Å². The number of carboxylic acids is 1. The summed E-state index contributed by atoms with van der Waals surface area (Å²) in [6, 6.07) is 3.49. The lowest BCUT2D eigenvalue weighted by atomic mass is 9.90. The largest absolute Gasteiger partial charge is 0.497 e. The lowest BCUT2D eigenvalue weighted by Gasteiger charge is -2.25. The summed E-state index contributed by atoms with van der Waals surface area (Å²) < 4.78 is 16.0. The van der Waals surface area contributed by atoms with Gasteiger partial charge in [0.05, 0.1) is 31.9 Å². The number of carbonyl (C=O) groups is 2. The third-order valence-corrected chi connectivity index (χ3v) is 5.14. The number of anilines is 1. The van der Waals surface area contributed by atoms with E-state index in [0.29, 0.717) is 46.6 Å². The van der Waals surface area contributed by atoms with E-state index in [1.807, 2.05) is 4.90 Å². The average Bonchev–Trinajstić information content (AvgIpc) is 3.09. The van der Waals surface area contributed by atoms with E-state index in [1.54, 1.807) is 33.1 Å². The normalized spacial score (nSPS) is 18.9. The zero-order valence-corrected chi connectivity index (χ0v) is 16.4. The van der Waals surface area contributed by atoms with Gasteiger partial charge in [-0.1, -0.05) is 0 Å². The van der Waals surface area contributed by atoms with Gasteiger partial charge in [0.15, 0.2) is 0 Å². The van der Waals surface area contributed by atoms with Gasteiger partial charge < -0.3 is 24.2 Å². The third kappa shape index (κ3) is 3.30. The summed E-state index contributed by atoms with van der Waals surface area (Å²) in [6.07, 6.45) is 1.93. The van der Waals surface area contributed by atoms with Crippen LogP contribution in [-0.2, 0) is 9.53 Å². The molecule has 8 nitrogen and oxygen atoms in total. The molecule has 1 fully saturated rings. The van der Waals surface area contributed by atoms with Crippen molar-refractivity contribution in [1.29, 1.82) is 0 Å². The van der Waals surface area contributed by atoms with Gasteiger partial charge in [-0.15, -0.1) is 0 Å². The lowest BCUT2D eigenvalue weighted by Crippen LogP contribution is -2.32. The fourth-order valence-corrected chi connectivity index (χ4v) is 3.53. The maximum Gasteiger partial charge on any atom is 0.341 e. The van der Waals surface area contributed by atoms with Gasteiger partial charge in [0.2, 0.25) is 0 Å². The predicted octanol–water partition coefficient (Wildman–Crippen LogP) is 2.73. The van der Waals surface area contributed by atoms with Crippen LogP contribution in [0.3, 0.4) is 0 Å². The highest BCUT2D eigenvalue weighted by Gasteiger charge is 2.42. The molecule has 8 heteroatoms. The molecular formula is C20H24N2O6. The van der Waals surface area contributed by atoms with Crippen LogP contribution in [0.1, 0.15) is 30.6 Å². The van der Waals surface area contributed by atoms with Crippen LogP contribution < -0.4 is 14.4 Å². The minimum absolute atomic E-state index is 0.227. The number of benzene rings is 1. The molecule has 0 saturated carbocycles. The summed E-state index contributed by atoms with van der Waals surface area (Å²) >= 11 is 0. The number of pyridine rings is 1. The zero-order chi connectivity index (χ0) is 20.5. The molecule has 1 unspecified atom stereocenters. The summed E-state index contributed by atoms with van der Waals surface area (Å²) in [7, 11) is 3.08. The number of hydrogen-bond acceptors (Lipinski definition) is 7. The van der Waals surface area contributed by atoms with Crippen molar-refractivity contribution < 1.29 is 28.9 Å². The molecule has 0 amide bonds. The minimum atomic E-state index is -0.898. The van der Waals surface area contributed by atoms with Crippen molar-refractivity contribution in [2.75, 3.05) is 38.8 Å². The first-order chi connectivity index (χ1) is 13.3. The second kappa shape index (κ2) is 7.53. The number of fused-ring (bicyclic) bond motifs is 1. The van der Waals surface area contributed by atoms with Gasteiger partial charge >= 0.3 is 11.9 Å². The van der Waals surface area contributed by atoms with Gasteiger partial charge in [-0.2, -0.15) is 0 Å². The molecular weight excluding hydrogens is 364 g/mol. The SMILES string of the molecule is CCOC(=O)c1cnc2c(OC)cc(OC)cc2c1N1CCC(C)(C(=O)O)C1. The van der Waals surface area contributed by atoms with Gasteiger partial charge in [-0.3, -0.25) is 9.78 Å². The van der Waals surface area contributed by atoms with E-state index in [1.165, 1.54) is 13.3 Å². The van der Waals surface area contributed by atoms with Gasteiger partial charge in [-0.05, 0) is 26.3 Å². The molecule has 3 rings (SSSR count). The fraction of sp³-hybridized carbons (Fsp3) is 0.450. The average molecular weight is 388 g/mol. The number of rotatable bonds is 6. The first kappa shape index (κ1) is 19.7. The highest BCUT2D eigenvalue weighted by molar-refractivity contribution is 6.07. The summed E-state index contributed by atoms with van der Waals surface area (Å²) in [5.74, 6) is -0.307. The van der Waals surface area contributed by atoms with Crippen molar-refractivity contribution in [1.82, 2.24) is 4.98 Å². The van der Waals surface area contributed by atoms with E-state index < -0.39 is 17.4 Å². The molecule has 1 aliphatic rings. The Bertz CT molecular complexity index is 929. The van der Waals surface area contributed by atoms with Crippen LogP contribution in [0.25, 0.3) is 10.9 Å². The molecule has 1 N–H and O–H groups in total. The molecule has 1 aliphatic heterocycles. The molecule has 1 aromatic heterocycles. The second-order valence-corrected chi connectivity index (χ2v) is 7.00. The van der Waals surface area contributed by atoms with E-state index in [2.05, 4.69) is 4.98 Å². The topological polar surface area (TPSA) is 98.2 Å². The summed E-state index contributed by atoms with van der Waals surface area (Å²) in [5.41, 5.74) is 0.546. The molecule has 1 saturated heterocycles. The van der Waals surface area contributed by atoms with Crippen LogP contribution in [0.2, 0.25) is 0 Å².